The van der Waals surface area contributed by atoms with Crippen molar-refractivity contribution in [2.75, 3.05) is 6.54 Å². The second-order valence-corrected chi connectivity index (χ2v) is 8.52. The largest absolute Gasteiger partial charge is 0.337 e. The zero-order chi connectivity index (χ0) is 18.7. The Balaban J connectivity index is 1.61. The van der Waals surface area contributed by atoms with Gasteiger partial charge < -0.3 is 4.57 Å². The summed E-state index contributed by atoms with van der Waals surface area (Å²) in [6.07, 6.45) is 2.27. The van der Waals surface area contributed by atoms with Crippen LogP contribution in [0.25, 0.3) is 10.6 Å². The number of hydrogen-bond acceptors (Lipinski definition) is 4. The van der Waals surface area contributed by atoms with E-state index in [2.05, 4.69) is 9.71 Å². The molecule has 0 saturated carbocycles. The van der Waals surface area contributed by atoms with Crippen LogP contribution in [0.4, 0.5) is 8.78 Å². The third-order valence-electron chi connectivity index (χ3n) is 3.77. The standard InChI is InChI=1S/C17H17F2N3O2S2/c1-22-10-15(16-3-2-8-25-16)21-17(22)6-7-20-26(23,24)11-12-9-13(18)4-5-14(12)19/h2-5,8-10,20H,6-7,11H2,1H3. The van der Waals surface area contributed by atoms with Crippen molar-refractivity contribution in [1.29, 1.82) is 0 Å². The van der Waals surface area contributed by atoms with E-state index in [1.165, 1.54) is 0 Å². The average Bonchev–Trinajstić information content (AvgIpc) is 3.21. The van der Waals surface area contributed by atoms with E-state index >= 15 is 0 Å². The lowest BCUT2D eigenvalue weighted by Gasteiger charge is -2.08. The fraction of sp³-hybridized carbons (Fsp3) is 0.235. The minimum atomic E-state index is -3.78. The molecule has 0 amide bonds. The topological polar surface area (TPSA) is 64.0 Å². The fourth-order valence-corrected chi connectivity index (χ4v) is 4.33. The number of hydrogen-bond donors (Lipinski definition) is 1. The molecule has 2 aromatic heterocycles. The molecular formula is C17H17F2N3O2S2. The Morgan fingerprint density at radius 2 is 2.08 bits per heavy atom. The van der Waals surface area contributed by atoms with Crippen LogP contribution in [0.2, 0.25) is 0 Å². The van der Waals surface area contributed by atoms with Gasteiger partial charge in [-0.1, -0.05) is 6.07 Å². The second kappa shape index (κ2) is 7.65. The van der Waals surface area contributed by atoms with Crippen LogP contribution in [0.3, 0.4) is 0 Å². The van der Waals surface area contributed by atoms with Crippen LogP contribution in [0.15, 0.2) is 41.9 Å². The Morgan fingerprint density at radius 3 is 2.81 bits per heavy atom. The third kappa shape index (κ3) is 4.54. The normalized spacial score (nSPS) is 11.8. The van der Waals surface area contributed by atoms with E-state index in [4.69, 9.17) is 0 Å². The molecule has 2 heterocycles. The van der Waals surface area contributed by atoms with Crippen LogP contribution >= 0.6 is 11.3 Å². The lowest BCUT2D eigenvalue weighted by atomic mass is 10.2. The summed E-state index contributed by atoms with van der Waals surface area (Å²) in [6.45, 7) is 0.119. The Bertz CT molecular complexity index is 999. The molecule has 0 bridgehead atoms. The smallest absolute Gasteiger partial charge is 0.215 e. The van der Waals surface area contributed by atoms with Crippen molar-refractivity contribution >= 4 is 21.4 Å². The van der Waals surface area contributed by atoms with E-state index in [0.717, 1.165) is 34.6 Å². The molecule has 0 saturated heterocycles. The summed E-state index contributed by atoms with van der Waals surface area (Å²) in [6, 6.07) is 6.66. The van der Waals surface area contributed by atoms with Gasteiger partial charge in [0.25, 0.3) is 0 Å². The van der Waals surface area contributed by atoms with Crippen molar-refractivity contribution in [2.24, 2.45) is 7.05 Å². The summed E-state index contributed by atoms with van der Waals surface area (Å²) in [5.41, 5.74) is 0.636. The van der Waals surface area contributed by atoms with Gasteiger partial charge in [0, 0.05) is 31.8 Å². The highest BCUT2D eigenvalue weighted by molar-refractivity contribution is 7.88. The van der Waals surface area contributed by atoms with E-state index in [9.17, 15) is 17.2 Å². The molecule has 0 aliphatic carbocycles. The molecule has 9 heteroatoms. The first-order valence-electron chi connectivity index (χ1n) is 7.81. The van der Waals surface area contributed by atoms with Gasteiger partial charge >= 0.3 is 0 Å². The molecule has 0 atom stereocenters. The van der Waals surface area contributed by atoms with Gasteiger partial charge in [0.15, 0.2) is 0 Å². The average molecular weight is 397 g/mol. The minimum Gasteiger partial charge on any atom is -0.337 e. The summed E-state index contributed by atoms with van der Waals surface area (Å²) >= 11 is 1.58. The third-order valence-corrected chi connectivity index (χ3v) is 6.00. The van der Waals surface area contributed by atoms with Gasteiger partial charge in [-0.05, 0) is 29.6 Å². The van der Waals surface area contributed by atoms with Gasteiger partial charge in [-0.3, -0.25) is 0 Å². The number of aromatic nitrogens is 2. The molecule has 3 rings (SSSR count). The van der Waals surface area contributed by atoms with Crippen molar-refractivity contribution in [1.82, 2.24) is 14.3 Å². The van der Waals surface area contributed by atoms with Crippen molar-refractivity contribution in [3.63, 3.8) is 0 Å². The quantitative estimate of drug-likeness (QED) is 0.666. The molecule has 0 aliphatic rings. The fourth-order valence-electron chi connectivity index (χ4n) is 2.51. The maximum Gasteiger partial charge on any atom is 0.215 e. The monoisotopic (exact) mass is 397 g/mol. The lowest BCUT2D eigenvalue weighted by Crippen LogP contribution is -2.28. The zero-order valence-corrected chi connectivity index (χ0v) is 15.6. The molecule has 0 spiro atoms. The number of imidazole rings is 1. The van der Waals surface area contributed by atoms with Crippen LogP contribution in [-0.4, -0.2) is 24.5 Å². The SMILES string of the molecule is Cn1cc(-c2cccs2)nc1CCNS(=O)(=O)Cc1cc(F)ccc1F. The van der Waals surface area contributed by atoms with Gasteiger partial charge in [-0.15, -0.1) is 11.3 Å². The van der Waals surface area contributed by atoms with Crippen LogP contribution in [0.5, 0.6) is 0 Å². The molecular weight excluding hydrogens is 380 g/mol. The first-order valence-corrected chi connectivity index (χ1v) is 10.3. The van der Waals surface area contributed by atoms with Crippen LogP contribution in [-0.2, 0) is 29.2 Å². The van der Waals surface area contributed by atoms with Crippen molar-refractivity contribution in [3.8, 4) is 10.6 Å². The molecule has 0 fully saturated rings. The summed E-state index contributed by atoms with van der Waals surface area (Å²) in [5, 5.41) is 1.96. The summed E-state index contributed by atoms with van der Waals surface area (Å²) < 4.78 is 55.2. The Hall–Kier alpha value is -2.10. The Kier molecular flexibility index (Phi) is 5.49. The van der Waals surface area contributed by atoms with E-state index in [-0.39, 0.29) is 12.1 Å². The summed E-state index contributed by atoms with van der Waals surface area (Å²) in [7, 11) is -1.94. The Labute approximate surface area is 154 Å². The van der Waals surface area contributed by atoms with Crippen molar-refractivity contribution in [2.45, 2.75) is 12.2 Å². The van der Waals surface area contributed by atoms with Gasteiger partial charge in [-0.25, -0.2) is 26.9 Å². The highest BCUT2D eigenvalue weighted by Crippen LogP contribution is 2.23. The molecule has 26 heavy (non-hydrogen) atoms. The highest BCUT2D eigenvalue weighted by Gasteiger charge is 2.16. The van der Waals surface area contributed by atoms with E-state index < -0.39 is 27.4 Å². The number of nitrogens with zero attached hydrogens (tertiary/aromatic N) is 2. The predicted molar refractivity (Wildman–Crippen MR) is 97.2 cm³/mol. The molecule has 1 aromatic carbocycles. The number of benzene rings is 1. The van der Waals surface area contributed by atoms with E-state index in [1.54, 1.807) is 11.3 Å². The van der Waals surface area contributed by atoms with E-state index in [1.807, 2.05) is 35.3 Å². The molecule has 138 valence electrons. The number of aryl methyl sites for hydroxylation is 1. The maximum absolute atomic E-state index is 13.6. The van der Waals surface area contributed by atoms with Gasteiger partial charge in [-0.2, -0.15) is 0 Å². The summed E-state index contributed by atoms with van der Waals surface area (Å²) in [4.78, 5) is 5.55. The van der Waals surface area contributed by atoms with Crippen LogP contribution in [0, 0.1) is 11.6 Å². The molecule has 5 nitrogen and oxygen atoms in total. The van der Waals surface area contributed by atoms with E-state index in [0.29, 0.717) is 6.42 Å². The Morgan fingerprint density at radius 1 is 1.27 bits per heavy atom. The van der Waals surface area contributed by atoms with Crippen molar-refractivity contribution in [3.05, 3.63) is 64.9 Å². The molecule has 1 N–H and O–H groups in total. The molecule has 3 aromatic rings. The first-order chi connectivity index (χ1) is 12.3. The lowest BCUT2D eigenvalue weighted by molar-refractivity contribution is 0.569. The second-order valence-electron chi connectivity index (χ2n) is 5.77. The molecule has 0 radical (unpaired) electrons. The van der Waals surface area contributed by atoms with Gasteiger partial charge in [0.1, 0.15) is 17.5 Å². The number of nitrogens with one attached hydrogen (secondary N) is 1. The number of sulfonamides is 1. The number of halogens is 2. The van der Waals surface area contributed by atoms with Crippen LogP contribution in [0.1, 0.15) is 11.4 Å². The first kappa shape index (κ1) is 18.7. The maximum atomic E-state index is 13.6. The number of rotatable bonds is 7. The van der Waals surface area contributed by atoms with Crippen molar-refractivity contribution < 1.29 is 17.2 Å². The predicted octanol–water partition coefficient (Wildman–Crippen LogP) is 3.09. The summed E-state index contributed by atoms with van der Waals surface area (Å²) in [5.74, 6) is -1.31. The highest BCUT2D eigenvalue weighted by atomic mass is 32.2. The van der Waals surface area contributed by atoms with Gasteiger partial charge in [0.2, 0.25) is 10.0 Å². The van der Waals surface area contributed by atoms with Gasteiger partial charge in [0.05, 0.1) is 16.3 Å². The minimum absolute atomic E-state index is 0.119. The number of thiophene rings is 1. The molecule has 0 unspecified atom stereocenters. The zero-order valence-electron chi connectivity index (χ0n) is 13.9. The van der Waals surface area contributed by atoms with Crippen LogP contribution < -0.4 is 4.72 Å². The molecule has 0 aliphatic heterocycles.